The molecule has 0 radical (unpaired) electrons. The summed E-state index contributed by atoms with van der Waals surface area (Å²) < 4.78 is 22.3. The second kappa shape index (κ2) is 3.32. The topological polar surface area (TPSA) is 60.2 Å². The van der Waals surface area contributed by atoms with Crippen molar-refractivity contribution >= 4 is 10.0 Å². The third-order valence-electron chi connectivity index (χ3n) is 2.56. The van der Waals surface area contributed by atoms with E-state index >= 15 is 0 Å². The van der Waals surface area contributed by atoms with E-state index < -0.39 is 10.0 Å². The van der Waals surface area contributed by atoms with Gasteiger partial charge in [-0.3, -0.25) is 0 Å². The molecule has 1 rings (SSSR count). The molecule has 0 bridgehead atoms. The molecular weight excluding hydrogens is 176 g/mol. The largest absolute Gasteiger partial charge is 0.325 e. The maximum atomic E-state index is 10.7. The number of nitrogens with zero attached hydrogens (tertiary/aromatic N) is 1. The SMILES string of the molecule is C[N+]1(CCS(N)(=O)=O)CCCC1. The summed E-state index contributed by atoms with van der Waals surface area (Å²) in [5.41, 5.74) is 0. The highest BCUT2D eigenvalue weighted by atomic mass is 32.2. The molecule has 72 valence electrons. The van der Waals surface area contributed by atoms with Gasteiger partial charge in [0.25, 0.3) is 0 Å². The molecule has 1 saturated heterocycles. The number of sulfonamides is 1. The van der Waals surface area contributed by atoms with E-state index in [2.05, 4.69) is 7.05 Å². The van der Waals surface area contributed by atoms with Gasteiger partial charge in [0, 0.05) is 12.8 Å². The van der Waals surface area contributed by atoms with Crippen molar-refractivity contribution < 1.29 is 12.9 Å². The van der Waals surface area contributed by atoms with Gasteiger partial charge in [0.1, 0.15) is 5.75 Å². The molecular formula is C7H17N2O2S+. The molecule has 1 aliphatic heterocycles. The summed E-state index contributed by atoms with van der Waals surface area (Å²) in [6, 6.07) is 0. The van der Waals surface area contributed by atoms with E-state index in [0.29, 0.717) is 6.54 Å². The third kappa shape index (κ3) is 3.08. The van der Waals surface area contributed by atoms with Crippen LogP contribution in [0.4, 0.5) is 0 Å². The predicted octanol–water partition coefficient (Wildman–Crippen LogP) is -0.485. The van der Waals surface area contributed by atoms with E-state index in [-0.39, 0.29) is 5.75 Å². The highest BCUT2D eigenvalue weighted by Gasteiger charge is 2.27. The summed E-state index contributed by atoms with van der Waals surface area (Å²) >= 11 is 0. The Balaban J connectivity index is 2.41. The lowest BCUT2D eigenvalue weighted by molar-refractivity contribution is -0.895. The van der Waals surface area contributed by atoms with Gasteiger partial charge in [0.2, 0.25) is 10.0 Å². The van der Waals surface area contributed by atoms with Crippen LogP contribution in [0.3, 0.4) is 0 Å². The highest BCUT2D eigenvalue weighted by Crippen LogP contribution is 2.15. The first-order valence-corrected chi connectivity index (χ1v) is 5.97. The van der Waals surface area contributed by atoms with Crippen LogP contribution in [0.5, 0.6) is 0 Å². The first kappa shape index (κ1) is 9.95. The Labute approximate surface area is 74.0 Å². The molecule has 0 aromatic heterocycles. The average molecular weight is 193 g/mol. The summed E-state index contributed by atoms with van der Waals surface area (Å²) in [7, 11) is -1.17. The van der Waals surface area contributed by atoms with Crippen molar-refractivity contribution in [1.82, 2.24) is 0 Å². The molecule has 0 unspecified atom stereocenters. The molecule has 1 heterocycles. The molecule has 0 amide bonds. The fourth-order valence-corrected chi connectivity index (χ4v) is 2.37. The van der Waals surface area contributed by atoms with Crippen LogP contribution < -0.4 is 5.14 Å². The van der Waals surface area contributed by atoms with Crippen LogP contribution in [0.2, 0.25) is 0 Å². The molecule has 0 aromatic carbocycles. The van der Waals surface area contributed by atoms with Crippen LogP contribution >= 0.6 is 0 Å². The molecule has 0 saturated carbocycles. The number of hydrogen-bond donors (Lipinski definition) is 1. The molecule has 1 fully saturated rings. The van der Waals surface area contributed by atoms with Crippen LogP contribution in [-0.4, -0.2) is 45.3 Å². The first-order chi connectivity index (χ1) is 5.41. The Morgan fingerprint density at radius 1 is 1.33 bits per heavy atom. The summed E-state index contributed by atoms with van der Waals surface area (Å²) in [5, 5.41) is 4.93. The third-order valence-corrected chi connectivity index (χ3v) is 3.31. The van der Waals surface area contributed by atoms with Gasteiger partial charge in [-0.2, -0.15) is 0 Å². The van der Waals surface area contributed by atoms with E-state index in [1.54, 1.807) is 0 Å². The first-order valence-electron chi connectivity index (χ1n) is 4.25. The molecule has 5 heteroatoms. The van der Waals surface area contributed by atoms with Crippen LogP contribution in [0.1, 0.15) is 12.8 Å². The monoisotopic (exact) mass is 193 g/mol. The summed E-state index contributed by atoms with van der Waals surface area (Å²) in [6.45, 7) is 2.85. The van der Waals surface area contributed by atoms with Crippen LogP contribution in [0, 0.1) is 0 Å². The van der Waals surface area contributed by atoms with Gasteiger partial charge in [0.15, 0.2) is 0 Å². The smallest absolute Gasteiger partial charge is 0.214 e. The van der Waals surface area contributed by atoms with Crippen molar-refractivity contribution in [2.75, 3.05) is 32.4 Å². The molecule has 0 spiro atoms. The number of nitrogens with two attached hydrogens (primary N) is 1. The van der Waals surface area contributed by atoms with E-state index in [4.69, 9.17) is 5.14 Å². The van der Waals surface area contributed by atoms with Gasteiger partial charge in [-0.15, -0.1) is 0 Å². The Morgan fingerprint density at radius 2 is 1.83 bits per heavy atom. The second-order valence-corrected chi connectivity index (χ2v) is 5.60. The predicted molar refractivity (Wildman–Crippen MR) is 48.0 cm³/mol. The highest BCUT2D eigenvalue weighted by molar-refractivity contribution is 7.89. The van der Waals surface area contributed by atoms with E-state index in [0.717, 1.165) is 17.6 Å². The molecule has 1 aliphatic rings. The molecule has 12 heavy (non-hydrogen) atoms. The van der Waals surface area contributed by atoms with Crippen LogP contribution in [-0.2, 0) is 10.0 Å². The Morgan fingerprint density at radius 3 is 2.25 bits per heavy atom. The van der Waals surface area contributed by atoms with E-state index in [9.17, 15) is 8.42 Å². The van der Waals surface area contributed by atoms with Crippen molar-refractivity contribution in [3.8, 4) is 0 Å². The zero-order valence-corrected chi connectivity index (χ0v) is 8.31. The molecule has 0 atom stereocenters. The van der Waals surface area contributed by atoms with Crippen LogP contribution in [0.15, 0.2) is 0 Å². The fourth-order valence-electron chi connectivity index (χ4n) is 1.67. The normalized spacial score (nSPS) is 22.8. The quantitative estimate of drug-likeness (QED) is 0.615. The number of quaternary nitrogens is 1. The molecule has 0 aromatic rings. The lowest BCUT2D eigenvalue weighted by Gasteiger charge is -2.28. The molecule has 4 nitrogen and oxygen atoms in total. The van der Waals surface area contributed by atoms with Crippen molar-refractivity contribution in [1.29, 1.82) is 0 Å². The summed E-state index contributed by atoms with van der Waals surface area (Å²) in [6.07, 6.45) is 2.42. The van der Waals surface area contributed by atoms with Gasteiger partial charge >= 0.3 is 0 Å². The van der Waals surface area contributed by atoms with Gasteiger partial charge in [0.05, 0.1) is 26.7 Å². The summed E-state index contributed by atoms with van der Waals surface area (Å²) in [4.78, 5) is 0. The zero-order chi connectivity index (χ0) is 9.24. The lowest BCUT2D eigenvalue weighted by Crippen LogP contribution is -2.45. The zero-order valence-electron chi connectivity index (χ0n) is 7.49. The number of rotatable bonds is 3. The Kier molecular flexibility index (Phi) is 2.75. The minimum Gasteiger partial charge on any atom is -0.325 e. The van der Waals surface area contributed by atoms with Crippen molar-refractivity contribution in [3.63, 3.8) is 0 Å². The average Bonchev–Trinajstić information content (AvgIpc) is 2.32. The van der Waals surface area contributed by atoms with Gasteiger partial charge in [-0.1, -0.05) is 0 Å². The van der Waals surface area contributed by atoms with Crippen molar-refractivity contribution in [2.24, 2.45) is 5.14 Å². The number of primary sulfonamides is 1. The second-order valence-electron chi connectivity index (χ2n) is 3.86. The van der Waals surface area contributed by atoms with Gasteiger partial charge < -0.3 is 4.48 Å². The van der Waals surface area contributed by atoms with Crippen molar-refractivity contribution in [3.05, 3.63) is 0 Å². The standard InChI is InChI=1S/C7H17N2O2S/c1-9(4-2-3-5-9)6-7-12(8,10)11/h2-7H2,1H3,(H2,8,10,11)/q+1. The van der Waals surface area contributed by atoms with E-state index in [1.165, 1.54) is 12.8 Å². The maximum absolute atomic E-state index is 10.7. The minimum absolute atomic E-state index is 0.115. The lowest BCUT2D eigenvalue weighted by atomic mass is 10.4. The number of hydrogen-bond acceptors (Lipinski definition) is 2. The Bertz CT molecular complexity index is 242. The van der Waals surface area contributed by atoms with Crippen molar-refractivity contribution in [2.45, 2.75) is 12.8 Å². The van der Waals surface area contributed by atoms with Crippen LogP contribution in [0.25, 0.3) is 0 Å². The molecule has 0 aliphatic carbocycles. The Hall–Kier alpha value is -0.130. The van der Waals surface area contributed by atoms with E-state index in [1.807, 2.05) is 0 Å². The maximum Gasteiger partial charge on any atom is 0.214 e. The molecule has 2 N–H and O–H groups in total. The van der Waals surface area contributed by atoms with Gasteiger partial charge in [-0.25, -0.2) is 13.6 Å². The fraction of sp³-hybridized carbons (Fsp3) is 1.00. The summed E-state index contributed by atoms with van der Waals surface area (Å²) in [5.74, 6) is 0.115. The van der Waals surface area contributed by atoms with Gasteiger partial charge in [-0.05, 0) is 0 Å². The number of likely N-dealkylation sites (tertiary alicyclic amines) is 1. The minimum atomic E-state index is -3.27.